The number of halogens is 7. The molecule has 6 rings (SSSR count). The van der Waals surface area contributed by atoms with E-state index in [2.05, 4.69) is 29.9 Å². The molecule has 1 fully saturated rings. The van der Waals surface area contributed by atoms with Gasteiger partial charge in [0.25, 0.3) is 11.8 Å². The van der Waals surface area contributed by atoms with E-state index in [1.807, 2.05) is 20.8 Å². The summed E-state index contributed by atoms with van der Waals surface area (Å²) in [5.41, 5.74) is 20.7. The van der Waals surface area contributed by atoms with Gasteiger partial charge in [-0.15, -0.1) is 0 Å². The predicted octanol–water partition coefficient (Wildman–Crippen LogP) is 9.00. The molecule has 1 saturated carbocycles. The number of nitrogen functional groups attached to an aromatic ring is 3. The van der Waals surface area contributed by atoms with Gasteiger partial charge in [-0.2, -0.15) is 0 Å². The Labute approximate surface area is 293 Å². The molecule has 274 valence electrons. The van der Waals surface area contributed by atoms with E-state index in [9.17, 15) is 26.3 Å². The van der Waals surface area contributed by atoms with Crippen LogP contribution in [-0.2, 0) is 0 Å². The predicted molar refractivity (Wildman–Crippen MR) is 184 cm³/mol. The van der Waals surface area contributed by atoms with Crippen LogP contribution in [0.1, 0.15) is 106 Å². The van der Waals surface area contributed by atoms with Crippen LogP contribution in [0.5, 0.6) is 0 Å². The molecule has 3 heterocycles. The summed E-state index contributed by atoms with van der Waals surface area (Å²) in [7, 11) is 0. The number of nitrogens with two attached hydrogens (primary N) is 3. The van der Waals surface area contributed by atoms with Gasteiger partial charge in [0.1, 0.15) is 23.3 Å². The van der Waals surface area contributed by atoms with Crippen LogP contribution < -0.4 is 17.2 Å². The zero-order chi connectivity index (χ0) is 37.3. The largest absolute Gasteiger partial charge is 0.384 e. The molecule has 0 bridgehead atoms. The van der Waals surface area contributed by atoms with Gasteiger partial charge in [-0.1, -0.05) is 17.7 Å². The first kappa shape index (κ1) is 40.4. The van der Waals surface area contributed by atoms with Gasteiger partial charge in [-0.25, -0.2) is 56.2 Å². The highest BCUT2D eigenvalue weighted by Crippen LogP contribution is 2.40. The third-order valence-electron chi connectivity index (χ3n) is 8.02. The molecule has 3 aliphatic rings. The maximum absolute atomic E-state index is 13.0. The molecule has 3 aromatic rings. The van der Waals surface area contributed by atoms with E-state index in [0.717, 1.165) is 28.2 Å². The molecule has 16 heteroatoms. The van der Waals surface area contributed by atoms with Gasteiger partial charge in [-0.3, -0.25) is 0 Å². The Bertz CT molecular complexity index is 1570. The SMILES string of the molecule is CC1=CCC(F)(F)CC1.Cc1cc(N)nc(C2=CCC(F)(F)CC2)n1.Cc1cc(N)nc(C2CCC(F)(F)CC2)n1.Cc1cc(N)nc(Cl)n1. The van der Waals surface area contributed by atoms with E-state index in [1.54, 1.807) is 31.2 Å². The summed E-state index contributed by atoms with van der Waals surface area (Å²) < 4.78 is 76.5. The Morgan fingerprint density at radius 3 is 1.54 bits per heavy atom. The van der Waals surface area contributed by atoms with Crippen molar-refractivity contribution in [3.05, 3.63) is 69.9 Å². The fraction of sp³-hybridized carbons (Fsp3) is 0.529. The van der Waals surface area contributed by atoms with Crippen molar-refractivity contribution in [2.75, 3.05) is 17.2 Å². The molecular weight excluding hydrogens is 684 g/mol. The number of nitrogens with zero attached hydrogens (tertiary/aromatic N) is 6. The number of anilines is 3. The molecular formula is C34H44ClF6N9. The van der Waals surface area contributed by atoms with Crippen molar-refractivity contribution in [3.63, 3.8) is 0 Å². The lowest BCUT2D eigenvalue weighted by Crippen LogP contribution is -2.24. The zero-order valence-electron chi connectivity index (χ0n) is 28.6. The maximum Gasteiger partial charge on any atom is 0.251 e. The third-order valence-corrected chi connectivity index (χ3v) is 8.19. The highest BCUT2D eigenvalue weighted by molar-refractivity contribution is 6.28. The molecule has 0 saturated heterocycles. The Hall–Kier alpha value is -4.01. The maximum atomic E-state index is 13.0. The second-order valence-electron chi connectivity index (χ2n) is 12.8. The minimum Gasteiger partial charge on any atom is -0.384 e. The molecule has 0 aliphatic heterocycles. The van der Waals surface area contributed by atoms with E-state index < -0.39 is 17.8 Å². The van der Waals surface area contributed by atoms with E-state index in [4.69, 9.17) is 28.8 Å². The molecule has 50 heavy (non-hydrogen) atoms. The van der Waals surface area contributed by atoms with E-state index >= 15 is 0 Å². The molecule has 0 radical (unpaired) electrons. The summed E-state index contributed by atoms with van der Waals surface area (Å²) in [6, 6.07) is 4.99. The van der Waals surface area contributed by atoms with Crippen LogP contribution in [0, 0.1) is 20.8 Å². The second kappa shape index (κ2) is 17.3. The number of hydrogen-bond acceptors (Lipinski definition) is 9. The minimum atomic E-state index is -2.58. The second-order valence-corrected chi connectivity index (χ2v) is 13.1. The fourth-order valence-corrected chi connectivity index (χ4v) is 5.53. The normalized spacial score (nSPS) is 19.2. The number of aryl methyl sites for hydroxylation is 3. The number of allylic oxidation sites excluding steroid dienone is 4. The van der Waals surface area contributed by atoms with Crippen LogP contribution in [0.25, 0.3) is 5.57 Å². The van der Waals surface area contributed by atoms with Crippen LogP contribution in [-0.4, -0.2) is 47.7 Å². The van der Waals surface area contributed by atoms with Crippen LogP contribution >= 0.6 is 11.6 Å². The van der Waals surface area contributed by atoms with E-state index in [-0.39, 0.29) is 49.7 Å². The molecule has 3 aromatic heterocycles. The fourth-order valence-electron chi connectivity index (χ4n) is 5.29. The van der Waals surface area contributed by atoms with Crippen molar-refractivity contribution in [2.45, 2.75) is 116 Å². The average Bonchev–Trinajstić information content (AvgIpc) is 2.98. The van der Waals surface area contributed by atoms with Gasteiger partial charge in [-0.05, 0) is 70.6 Å². The lowest BCUT2D eigenvalue weighted by molar-refractivity contribution is -0.0387. The topological polar surface area (TPSA) is 155 Å². The highest BCUT2D eigenvalue weighted by Gasteiger charge is 2.36. The van der Waals surface area contributed by atoms with E-state index in [0.29, 0.717) is 54.8 Å². The zero-order valence-corrected chi connectivity index (χ0v) is 29.4. The number of rotatable bonds is 2. The first-order chi connectivity index (χ1) is 23.2. The van der Waals surface area contributed by atoms with Crippen molar-refractivity contribution in [3.8, 4) is 0 Å². The van der Waals surface area contributed by atoms with Gasteiger partial charge in [0.2, 0.25) is 11.2 Å². The minimum absolute atomic E-state index is 0.0295. The summed E-state index contributed by atoms with van der Waals surface area (Å²) in [5, 5.41) is 0.201. The molecule has 3 aliphatic carbocycles. The summed E-state index contributed by atoms with van der Waals surface area (Å²) in [6.07, 6.45) is 4.34. The summed E-state index contributed by atoms with van der Waals surface area (Å²) in [6.45, 7) is 7.34. The van der Waals surface area contributed by atoms with Crippen molar-refractivity contribution in [2.24, 2.45) is 0 Å². The van der Waals surface area contributed by atoms with Gasteiger partial charge in [0.15, 0.2) is 5.82 Å². The molecule has 0 unspecified atom stereocenters. The first-order valence-electron chi connectivity index (χ1n) is 16.2. The highest BCUT2D eigenvalue weighted by atomic mass is 35.5. The number of hydrogen-bond donors (Lipinski definition) is 3. The summed E-state index contributed by atoms with van der Waals surface area (Å²) >= 11 is 5.45. The number of alkyl halides is 6. The van der Waals surface area contributed by atoms with Crippen molar-refractivity contribution in [1.82, 2.24) is 29.9 Å². The quantitative estimate of drug-likeness (QED) is 0.133. The Morgan fingerprint density at radius 2 is 1.10 bits per heavy atom. The molecule has 0 amide bonds. The average molecular weight is 728 g/mol. The molecule has 0 aromatic carbocycles. The lowest BCUT2D eigenvalue weighted by Gasteiger charge is -2.27. The monoisotopic (exact) mass is 727 g/mol. The van der Waals surface area contributed by atoms with Crippen LogP contribution in [0.3, 0.4) is 0 Å². The third kappa shape index (κ3) is 14.1. The van der Waals surface area contributed by atoms with Crippen molar-refractivity contribution >= 4 is 34.6 Å². The first-order valence-corrected chi connectivity index (χ1v) is 16.6. The van der Waals surface area contributed by atoms with E-state index in [1.165, 1.54) is 6.08 Å². The summed E-state index contributed by atoms with van der Waals surface area (Å²) in [4.78, 5) is 24.1. The smallest absolute Gasteiger partial charge is 0.251 e. The molecule has 0 spiro atoms. The van der Waals surface area contributed by atoms with Crippen LogP contribution in [0.15, 0.2) is 35.9 Å². The Morgan fingerprint density at radius 1 is 0.600 bits per heavy atom. The standard InChI is InChI=1S/C11H15F2N3.C11H13F2N3.C7H10F2.C5H6ClN3/c2*1-7-6-9(14)16-10(15-7)8-2-4-11(12,13)5-3-8;1-6-2-4-7(8,9)5-3-6;1-3-2-4(7)9-5(6)8-3/h6,8H,2-5H2,1H3,(H2,14,15,16);2,6H,3-5H2,1H3,(H2,14,15,16);2H,3-5H2,1H3;2H,1H3,(H2,7,8,9). The number of aromatic nitrogens is 6. The van der Waals surface area contributed by atoms with Gasteiger partial charge in [0, 0.05) is 79.7 Å². The Balaban J connectivity index is 0.000000187. The van der Waals surface area contributed by atoms with Crippen LogP contribution in [0.4, 0.5) is 43.8 Å². The van der Waals surface area contributed by atoms with Gasteiger partial charge >= 0.3 is 0 Å². The molecule has 6 N–H and O–H groups in total. The summed E-state index contributed by atoms with van der Waals surface area (Å²) in [5.74, 6) is -5.18. The molecule has 9 nitrogen and oxygen atoms in total. The van der Waals surface area contributed by atoms with Crippen molar-refractivity contribution in [1.29, 1.82) is 0 Å². The van der Waals surface area contributed by atoms with Gasteiger partial charge in [0.05, 0.1) is 0 Å². The molecule has 0 atom stereocenters. The Kier molecular flexibility index (Phi) is 14.0. The van der Waals surface area contributed by atoms with Crippen molar-refractivity contribution < 1.29 is 26.3 Å². The van der Waals surface area contributed by atoms with Gasteiger partial charge < -0.3 is 17.2 Å². The van der Waals surface area contributed by atoms with Crippen LogP contribution in [0.2, 0.25) is 5.28 Å². The lowest BCUT2D eigenvalue weighted by atomic mass is 9.86.